The molecule has 0 N–H and O–H groups in total. The number of carbonyl (C=O) groups excluding carboxylic acids is 1. The molecule has 0 radical (unpaired) electrons. The lowest BCUT2D eigenvalue weighted by Gasteiger charge is -2.17. The minimum Gasteiger partial charge on any atom is -0.493 e. The van der Waals surface area contributed by atoms with Gasteiger partial charge in [0.1, 0.15) is 0 Å². The quantitative estimate of drug-likeness (QED) is 0.152. The number of nitro benzene ring substituents is 1. The van der Waals surface area contributed by atoms with Crippen molar-refractivity contribution in [1.82, 2.24) is 4.98 Å². The van der Waals surface area contributed by atoms with Gasteiger partial charge in [-0.2, -0.15) is 10.1 Å². The van der Waals surface area contributed by atoms with Crippen LogP contribution in [0.25, 0.3) is 10.2 Å². The molecule has 1 aromatic heterocycles. The van der Waals surface area contributed by atoms with Crippen LogP contribution in [-0.4, -0.2) is 43.4 Å². The van der Waals surface area contributed by atoms with Crippen LogP contribution in [0.3, 0.4) is 0 Å². The third-order valence-corrected chi connectivity index (χ3v) is 6.54. The number of rotatable bonds is 8. The fourth-order valence-electron chi connectivity index (χ4n) is 3.30. The Balaban J connectivity index is 1.79. The van der Waals surface area contributed by atoms with Gasteiger partial charge < -0.3 is 14.2 Å². The Hall–Kier alpha value is -4.03. The fourth-order valence-corrected chi connectivity index (χ4v) is 4.77. The summed E-state index contributed by atoms with van der Waals surface area (Å²) in [6.45, 7) is 0. The molecule has 0 bridgehead atoms. The summed E-state index contributed by atoms with van der Waals surface area (Å²) < 4.78 is 17.9. The Morgan fingerprint density at radius 1 is 1.06 bits per heavy atom. The van der Waals surface area contributed by atoms with Crippen LogP contribution >= 0.6 is 27.3 Å². The minimum absolute atomic E-state index is 0.0470. The van der Waals surface area contributed by atoms with Crippen molar-refractivity contribution in [2.75, 3.05) is 26.3 Å². The predicted molar refractivity (Wildman–Crippen MR) is 141 cm³/mol. The molecular formula is C24H19BrN4O6S. The number of nitrogens with zero attached hydrogens (tertiary/aromatic N) is 4. The molecule has 0 fully saturated rings. The van der Waals surface area contributed by atoms with Crippen LogP contribution in [0, 0.1) is 10.1 Å². The van der Waals surface area contributed by atoms with Gasteiger partial charge in [0.2, 0.25) is 10.9 Å². The van der Waals surface area contributed by atoms with Crippen LogP contribution < -0.4 is 19.2 Å². The third-order valence-electron chi connectivity index (χ3n) is 5.05. The highest BCUT2D eigenvalue weighted by molar-refractivity contribution is 9.10. The molecule has 0 unspecified atom stereocenters. The number of aromatic nitrogens is 1. The number of non-ortho nitro benzene ring substituents is 1. The number of nitro groups is 1. The maximum atomic E-state index is 13.7. The van der Waals surface area contributed by atoms with E-state index in [1.165, 1.54) is 68.2 Å². The zero-order valence-electron chi connectivity index (χ0n) is 19.3. The minimum atomic E-state index is -0.495. The van der Waals surface area contributed by atoms with Gasteiger partial charge in [-0.05, 0) is 48.0 Å². The van der Waals surface area contributed by atoms with Crippen molar-refractivity contribution in [3.05, 3.63) is 80.3 Å². The highest BCUT2D eigenvalue weighted by atomic mass is 79.9. The lowest BCUT2D eigenvalue weighted by molar-refractivity contribution is -0.384. The molecule has 0 aliphatic heterocycles. The van der Waals surface area contributed by atoms with E-state index in [1.807, 2.05) is 18.2 Å². The highest BCUT2D eigenvalue weighted by Gasteiger charge is 2.24. The number of methoxy groups -OCH3 is 3. The topological polar surface area (TPSA) is 116 Å². The van der Waals surface area contributed by atoms with Gasteiger partial charge in [-0.1, -0.05) is 27.3 Å². The number of ether oxygens (including phenoxy) is 3. The van der Waals surface area contributed by atoms with Crippen molar-refractivity contribution in [1.29, 1.82) is 0 Å². The normalized spacial score (nSPS) is 11.0. The lowest BCUT2D eigenvalue weighted by Crippen LogP contribution is -2.25. The number of benzene rings is 3. The summed E-state index contributed by atoms with van der Waals surface area (Å²) in [5.74, 6) is 0.480. The molecule has 0 saturated carbocycles. The Morgan fingerprint density at radius 3 is 2.31 bits per heavy atom. The number of hydrazone groups is 1. The van der Waals surface area contributed by atoms with E-state index in [2.05, 4.69) is 26.0 Å². The first-order chi connectivity index (χ1) is 17.3. The molecule has 10 nitrogen and oxygen atoms in total. The number of fused-ring (bicyclic) bond motifs is 1. The van der Waals surface area contributed by atoms with Crippen LogP contribution in [0.15, 0.2) is 64.2 Å². The van der Waals surface area contributed by atoms with E-state index in [-0.39, 0.29) is 11.3 Å². The van der Waals surface area contributed by atoms with Crippen LogP contribution in [0.1, 0.15) is 15.9 Å². The lowest BCUT2D eigenvalue weighted by atomic mass is 10.1. The van der Waals surface area contributed by atoms with Gasteiger partial charge in [0.15, 0.2) is 11.5 Å². The van der Waals surface area contributed by atoms with Crippen LogP contribution in [0.5, 0.6) is 17.2 Å². The van der Waals surface area contributed by atoms with E-state index in [0.29, 0.717) is 33.5 Å². The smallest absolute Gasteiger partial charge is 0.281 e. The Morgan fingerprint density at radius 2 is 1.72 bits per heavy atom. The van der Waals surface area contributed by atoms with Crippen molar-refractivity contribution in [2.45, 2.75) is 0 Å². The molecule has 0 aliphatic carbocycles. The first-order valence-corrected chi connectivity index (χ1v) is 11.9. The van der Waals surface area contributed by atoms with Gasteiger partial charge in [-0.25, -0.2) is 4.98 Å². The van der Waals surface area contributed by atoms with Gasteiger partial charge in [0.25, 0.3) is 11.6 Å². The maximum Gasteiger partial charge on any atom is 0.281 e. The van der Waals surface area contributed by atoms with E-state index in [0.717, 1.165) is 9.17 Å². The maximum absolute atomic E-state index is 13.7. The summed E-state index contributed by atoms with van der Waals surface area (Å²) in [5, 5.41) is 16.8. The summed E-state index contributed by atoms with van der Waals surface area (Å²) in [7, 11) is 4.39. The zero-order valence-corrected chi connectivity index (χ0v) is 21.7. The molecule has 0 atom stereocenters. The van der Waals surface area contributed by atoms with Crippen molar-refractivity contribution in [3.8, 4) is 17.2 Å². The number of halogens is 1. The SMILES string of the molecule is COc1cc(C(=O)N(/N=C/c2ccc([N+](=O)[O-])cc2)c2nc3ccc(Br)cc3s2)cc(OC)c1OC. The van der Waals surface area contributed by atoms with E-state index in [1.54, 1.807) is 12.1 Å². The predicted octanol–water partition coefficient (Wildman–Crippen LogP) is 5.67. The van der Waals surface area contributed by atoms with E-state index < -0.39 is 10.8 Å². The van der Waals surface area contributed by atoms with Crippen molar-refractivity contribution < 1.29 is 23.9 Å². The van der Waals surface area contributed by atoms with Crippen molar-refractivity contribution >= 4 is 60.4 Å². The summed E-state index contributed by atoms with van der Waals surface area (Å²) in [6.07, 6.45) is 1.43. The Kier molecular flexibility index (Phi) is 7.46. The Bertz CT molecular complexity index is 1450. The van der Waals surface area contributed by atoms with Gasteiger partial charge in [0, 0.05) is 22.2 Å². The van der Waals surface area contributed by atoms with Crippen molar-refractivity contribution in [2.24, 2.45) is 5.10 Å². The number of thiazole rings is 1. The largest absolute Gasteiger partial charge is 0.493 e. The van der Waals surface area contributed by atoms with Crippen molar-refractivity contribution in [3.63, 3.8) is 0 Å². The van der Waals surface area contributed by atoms with Crippen LogP contribution in [0.2, 0.25) is 0 Å². The molecule has 36 heavy (non-hydrogen) atoms. The molecule has 4 rings (SSSR count). The van der Waals surface area contributed by atoms with Gasteiger partial charge in [-0.3, -0.25) is 14.9 Å². The van der Waals surface area contributed by atoms with E-state index in [9.17, 15) is 14.9 Å². The van der Waals surface area contributed by atoms with Gasteiger partial charge in [0.05, 0.1) is 42.7 Å². The number of hydrogen-bond acceptors (Lipinski definition) is 9. The molecule has 12 heteroatoms. The second kappa shape index (κ2) is 10.7. The number of amides is 1. The van der Waals surface area contributed by atoms with Crippen LogP contribution in [0.4, 0.5) is 10.8 Å². The first-order valence-electron chi connectivity index (χ1n) is 10.3. The summed E-state index contributed by atoms with van der Waals surface area (Å²) in [4.78, 5) is 28.8. The Labute approximate surface area is 218 Å². The van der Waals surface area contributed by atoms with E-state index >= 15 is 0 Å². The first kappa shape index (κ1) is 25.1. The molecule has 0 saturated heterocycles. The molecule has 1 amide bonds. The fraction of sp³-hybridized carbons (Fsp3) is 0.125. The standard InChI is InChI=1S/C24H19BrN4O6S/c1-33-19-10-15(11-20(34-2)22(19)35-3)23(30)28(24-27-18-9-6-16(25)12-21(18)36-24)26-13-14-4-7-17(8-5-14)29(31)32/h4-13H,1-3H3/b26-13+. The summed E-state index contributed by atoms with van der Waals surface area (Å²) in [6, 6.07) is 14.5. The molecule has 184 valence electrons. The molecule has 1 heterocycles. The molecular weight excluding hydrogens is 552 g/mol. The number of hydrogen-bond donors (Lipinski definition) is 0. The average Bonchev–Trinajstić information content (AvgIpc) is 3.30. The summed E-state index contributed by atoms with van der Waals surface area (Å²) in [5.41, 5.74) is 1.44. The molecule has 0 aliphatic rings. The average molecular weight is 571 g/mol. The second-order valence-electron chi connectivity index (χ2n) is 7.23. The number of anilines is 1. The number of carbonyl (C=O) groups is 1. The second-order valence-corrected chi connectivity index (χ2v) is 9.16. The molecule has 4 aromatic rings. The molecule has 0 spiro atoms. The highest BCUT2D eigenvalue weighted by Crippen LogP contribution is 2.39. The van der Waals surface area contributed by atoms with Gasteiger partial charge in [-0.15, -0.1) is 0 Å². The van der Waals surface area contributed by atoms with E-state index in [4.69, 9.17) is 14.2 Å². The summed E-state index contributed by atoms with van der Waals surface area (Å²) >= 11 is 4.73. The van der Waals surface area contributed by atoms with Crippen LogP contribution in [-0.2, 0) is 0 Å². The monoisotopic (exact) mass is 570 g/mol. The zero-order chi connectivity index (χ0) is 25.8. The third kappa shape index (κ3) is 5.14. The van der Waals surface area contributed by atoms with Gasteiger partial charge >= 0.3 is 0 Å². The molecule has 3 aromatic carbocycles.